The largest absolute Gasteiger partial charge is 0.325 e. The van der Waals surface area contributed by atoms with Crippen molar-refractivity contribution < 1.29 is 0 Å². The fourth-order valence-electron chi connectivity index (χ4n) is 2.52. The van der Waals surface area contributed by atoms with E-state index in [1.165, 1.54) is 0 Å². The highest BCUT2D eigenvalue weighted by Gasteiger charge is 2.10. The minimum Gasteiger partial charge on any atom is -0.325 e. The topological polar surface area (TPSA) is 55.6 Å². The fraction of sp³-hybridized carbons (Fsp3) is 0.0556. The molecule has 0 saturated carbocycles. The Bertz CT molecular complexity index is 1010. The van der Waals surface area contributed by atoms with E-state index in [-0.39, 0.29) is 0 Å². The maximum atomic E-state index is 4.74. The van der Waals surface area contributed by atoms with E-state index in [2.05, 4.69) is 26.3 Å². The molecule has 5 nitrogen and oxygen atoms in total. The number of fused-ring (bicyclic) bond motifs is 1. The molecular weight excluding hydrogens is 366 g/mol. The molecule has 0 amide bonds. The molecule has 0 saturated heterocycles. The van der Waals surface area contributed by atoms with Gasteiger partial charge < -0.3 is 5.32 Å². The molecule has 0 atom stereocenters. The molecule has 0 unspecified atom stereocenters. The Balaban J connectivity index is 1.87. The second-order valence-electron chi connectivity index (χ2n) is 5.38. The van der Waals surface area contributed by atoms with Gasteiger partial charge >= 0.3 is 0 Å². The number of benzene rings is 2. The average Bonchev–Trinajstić information content (AvgIpc) is 3.00. The molecule has 2 aromatic heterocycles. The molecule has 0 aliphatic rings. The van der Waals surface area contributed by atoms with Gasteiger partial charge in [-0.05, 0) is 24.3 Å². The third-order valence-corrected chi connectivity index (χ3v) is 4.30. The van der Waals surface area contributed by atoms with Gasteiger partial charge in [0.2, 0.25) is 0 Å². The smallest absolute Gasteiger partial charge is 0.162 e. The van der Waals surface area contributed by atoms with Crippen molar-refractivity contribution in [3.8, 4) is 11.4 Å². The third kappa shape index (κ3) is 2.76. The summed E-state index contributed by atoms with van der Waals surface area (Å²) in [6.07, 6.45) is 1.75. The summed E-state index contributed by atoms with van der Waals surface area (Å²) in [5, 5.41) is 8.52. The monoisotopic (exact) mass is 379 g/mol. The van der Waals surface area contributed by atoms with Gasteiger partial charge in [-0.2, -0.15) is 5.10 Å². The lowest BCUT2D eigenvalue weighted by molar-refractivity contribution is 0.776. The average molecular weight is 380 g/mol. The summed E-state index contributed by atoms with van der Waals surface area (Å²) in [4.78, 5) is 9.44. The second kappa shape index (κ2) is 6.05. The predicted molar refractivity (Wildman–Crippen MR) is 99.2 cm³/mol. The predicted octanol–water partition coefficient (Wildman–Crippen LogP) is 4.54. The Morgan fingerprint density at radius 3 is 2.50 bits per heavy atom. The number of nitrogens with zero attached hydrogens (tertiary/aromatic N) is 4. The van der Waals surface area contributed by atoms with Crippen molar-refractivity contribution in [3.05, 3.63) is 65.3 Å². The zero-order valence-corrected chi connectivity index (χ0v) is 14.5. The molecule has 4 aromatic rings. The van der Waals surface area contributed by atoms with Crippen LogP contribution in [0.4, 0.5) is 11.6 Å². The van der Waals surface area contributed by atoms with Crippen LogP contribution in [-0.2, 0) is 7.05 Å². The number of hydrogen-bond donors (Lipinski definition) is 1. The van der Waals surface area contributed by atoms with Gasteiger partial charge in [-0.15, -0.1) is 0 Å². The van der Waals surface area contributed by atoms with Crippen molar-refractivity contribution in [1.29, 1.82) is 0 Å². The van der Waals surface area contributed by atoms with Gasteiger partial charge in [0, 0.05) is 28.5 Å². The van der Waals surface area contributed by atoms with Crippen LogP contribution in [0.3, 0.4) is 0 Å². The lowest BCUT2D eigenvalue weighted by atomic mass is 10.2. The molecule has 2 heterocycles. The van der Waals surface area contributed by atoms with Gasteiger partial charge in [0.05, 0.1) is 11.7 Å². The van der Waals surface area contributed by atoms with Crippen LogP contribution in [0.5, 0.6) is 0 Å². The lowest BCUT2D eigenvalue weighted by Gasteiger charge is -2.11. The van der Waals surface area contributed by atoms with Gasteiger partial charge in [-0.25, -0.2) is 9.97 Å². The van der Waals surface area contributed by atoms with E-state index in [1.807, 2.05) is 61.6 Å². The standard InChI is InChI=1S/C18H14BrN5/c1-24-16(10-11-20-24)22-18-14-4-2-3-5-15(14)21-17(23-18)12-6-8-13(19)9-7-12/h2-11H,1H3,(H,21,22,23). The Kier molecular flexibility index (Phi) is 3.74. The molecule has 0 bridgehead atoms. The fourth-order valence-corrected chi connectivity index (χ4v) is 2.78. The molecule has 0 aliphatic heterocycles. The van der Waals surface area contributed by atoms with Gasteiger partial charge in [-0.3, -0.25) is 4.68 Å². The van der Waals surface area contributed by atoms with Crippen molar-refractivity contribution in [1.82, 2.24) is 19.7 Å². The first-order valence-corrected chi connectivity index (χ1v) is 8.28. The quantitative estimate of drug-likeness (QED) is 0.567. The number of aryl methyl sites for hydroxylation is 1. The van der Waals surface area contributed by atoms with Crippen molar-refractivity contribution in [2.45, 2.75) is 0 Å². The first kappa shape index (κ1) is 14.8. The zero-order chi connectivity index (χ0) is 16.5. The highest BCUT2D eigenvalue weighted by molar-refractivity contribution is 9.10. The van der Waals surface area contributed by atoms with Gasteiger partial charge in [0.15, 0.2) is 5.82 Å². The minimum atomic E-state index is 0.686. The maximum absolute atomic E-state index is 4.74. The molecule has 6 heteroatoms. The van der Waals surface area contributed by atoms with E-state index in [0.717, 1.165) is 32.6 Å². The Hall–Kier alpha value is -2.73. The van der Waals surface area contributed by atoms with E-state index >= 15 is 0 Å². The number of halogens is 1. The summed E-state index contributed by atoms with van der Waals surface area (Å²) in [5.41, 5.74) is 1.87. The molecule has 1 N–H and O–H groups in total. The van der Waals surface area contributed by atoms with E-state index in [0.29, 0.717) is 5.82 Å². The van der Waals surface area contributed by atoms with E-state index < -0.39 is 0 Å². The van der Waals surface area contributed by atoms with E-state index in [9.17, 15) is 0 Å². The van der Waals surface area contributed by atoms with Crippen molar-refractivity contribution in [2.24, 2.45) is 7.05 Å². The Labute approximate surface area is 147 Å². The zero-order valence-electron chi connectivity index (χ0n) is 12.9. The van der Waals surface area contributed by atoms with Crippen LogP contribution in [0.15, 0.2) is 65.3 Å². The number of hydrogen-bond acceptors (Lipinski definition) is 4. The first-order chi connectivity index (χ1) is 11.7. The molecule has 0 aliphatic carbocycles. The number of rotatable bonds is 3. The van der Waals surface area contributed by atoms with Crippen LogP contribution in [0, 0.1) is 0 Å². The number of aromatic nitrogens is 4. The summed E-state index contributed by atoms with van der Waals surface area (Å²) < 4.78 is 2.80. The van der Waals surface area contributed by atoms with Crippen LogP contribution in [0.1, 0.15) is 0 Å². The third-order valence-electron chi connectivity index (χ3n) is 3.77. The van der Waals surface area contributed by atoms with Crippen LogP contribution in [-0.4, -0.2) is 19.7 Å². The van der Waals surface area contributed by atoms with Crippen molar-refractivity contribution in [2.75, 3.05) is 5.32 Å². The molecule has 0 spiro atoms. The summed E-state index contributed by atoms with van der Waals surface area (Å²) in [6.45, 7) is 0. The van der Waals surface area contributed by atoms with Crippen molar-refractivity contribution in [3.63, 3.8) is 0 Å². The number of anilines is 2. The highest BCUT2D eigenvalue weighted by Crippen LogP contribution is 2.27. The molecule has 0 fully saturated rings. The maximum Gasteiger partial charge on any atom is 0.162 e. The van der Waals surface area contributed by atoms with Gasteiger partial charge in [0.1, 0.15) is 11.6 Å². The van der Waals surface area contributed by atoms with E-state index in [4.69, 9.17) is 9.97 Å². The summed E-state index contributed by atoms with van der Waals surface area (Å²) in [7, 11) is 1.89. The van der Waals surface area contributed by atoms with Crippen LogP contribution >= 0.6 is 15.9 Å². The molecular formula is C18H14BrN5. The molecule has 118 valence electrons. The molecule has 2 aromatic carbocycles. The van der Waals surface area contributed by atoms with Gasteiger partial charge in [-0.1, -0.05) is 40.2 Å². The second-order valence-corrected chi connectivity index (χ2v) is 6.30. The Morgan fingerprint density at radius 2 is 1.75 bits per heavy atom. The molecule has 0 radical (unpaired) electrons. The molecule has 24 heavy (non-hydrogen) atoms. The first-order valence-electron chi connectivity index (χ1n) is 7.48. The number of para-hydroxylation sites is 1. The van der Waals surface area contributed by atoms with Crippen LogP contribution in [0.25, 0.3) is 22.3 Å². The normalized spacial score (nSPS) is 10.9. The molecule has 4 rings (SSSR count). The summed E-state index contributed by atoms with van der Waals surface area (Å²) in [6, 6.07) is 17.9. The SMILES string of the molecule is Cn1nccc1Nc1nc(-c2ccc(Br)cc2)nc2ccccc12. The Morgan fingerprint density at radius 1 is 0.958 bits per heavy atom. The minimum absolute atomic E-state index is 0.686. The van der Waals surface area contributed by atoms with Crippen LogP contribution in [0.2, 0.25) is 0 Å². The highest BCUT2D eigenvalue weighted by atomic mass is 79.9. The lowest BCUT2D eigenvalue weighted by Crippen LogP contribution is -2.03. The van der Waals surface area contributed by atoms with E-state index in [1.54, 1.807) is 10.9 Å². The van der Waals surface area contributed by atoms with Crippen LogP contribution < -0.4 is 5.32 Å². The summed E-state index contributed by atoms with van der Waals surface area (Å²) >= 11 is 3.46. The summed E-state index contributed by atoms with van der Waals surface area (Å²) in [5.74, 6) is 2.33. The van der Waals surface area contributed by atoms with Crippen molar-refractivity contribution >= 4 is 38.5 Å². The number of nitrogens with one attached hydrogen (secondary N) is 1. The van der Waals surface area contributed by atoms with Gasteiger partial charge in [0.25, 0.3) is 0 Å².